The number of alkyl halides is 3. The Balaban J connectivity index is 2.29. The normalized spacial score (nSPS) is 16.0. The molecular weight excluding hydrogens is 237 g/mol. The van der Waals surface area contributed by atoms with Crippen LogP contribution in [-0.4, -0.2) is 22.6 Å². The molecule has 0 bridgehead atoms. The first kappa shape index (κ1) is 11.9. The zero-order valence-corrected chi connectivity index (χ0v) is 9.12. The zero-order chi connectivity index (χ0) is 12.6. The minimum absolute atomic E-state index is 0.0377. The molecule has 1 aromatic heterocycles. The summed E-state index contributed by atoms with van der Waals surface area (Å²) in [5.41, 5.74) is -0.955. The van der Waals surface area contributed by atoms with Crippen LogP contribution in [0.15, 0.2) is 6.20 Å². The third-order valence-corrected chi connectivity index (χ3v) is 2.57. The smallest absolute Gasteiger partial charge is 0.434 e. The average molecular weight is 248 g/mol. The SMILES string of the molecule is COC(=O)Cn1cc(C(F)(F)F)nc1C1CC1. The molecule has 0 spiro atoms. The van der Waals surface area contributed by atoms with Crippen LogP contribution in [0.25, 0.3) is 0 Å². The van der Waals surface area contributed by atoms with E-state index in [1.165, 1.54) is 11.7 Å². The Labute approximate surface area is 95.4 Å². The number of ether oxygens (including phenoxy) is 1. The van der Waals surface area contributed by atoms with Gasteiger partial charge in [0.25, 0.3) is 0 Å². The molecule has 7 heteroatoms. The van der Waals surface area contributed by atoms with Gasteiger partial charge in [0.2, 0.25) is 0 Å². The van der Waals surface area contributed by atoms with Gasteiger partial charge in [0.1, 0.15) is 12.4 Å². The van der Waals surface area contributed by atoms with Crippen molar-refractivity contribution in [3.05, 3.63) is 17.7 Å². The molecule has 1 saturated carbocycles. The number of nitrogens with zero attached hydrogens (tertiary/aromatic N) is 2. The number of aromatic nitrogens is 2. The van der Waals surface area contributed by atoms with Gasteiger partial charge >= 0.3 is 12.1 Å². The number of hydrogen-bond acceptors (Lipinski definition) is 3. The number of esters is 1. The number of rotatable bonds is 3. The van der Waals surface area contributed by atoms with Crippen LogP contribution < -0.4 is 0 Å². The number of halogens is 3. The Morgan fingerprint density at radius 3 is 2.71 bits per heavy atom. The molecule has 0 radical (unpaired) electrons. The lowest BCUT2D eigenvalue weighted by Crippen LogP contribution is -2.13. The second kappa shape index (κ2) is 4.05. The highest BCUT2D eigenvalue weighted by Gasteiger charge is 2.38. The molecule has 0 aromatic carbocycles. The maximum Gasteiger partial charge on any atom is 0.434 e. The molecule has 0 amide bonds. The van der Waals surface area contributed by atoms with E-state index in [9.17, 15) is 18.0 Å². The Kier molecular flexibility index (Phi) is 2.84. The summed E-state index contributed by atoms with van der Waals surface area (Å²) >= 11 is 0. The number of hydrogen-bond donors (Lipinski definition) is 0. The van der Waals surface area contributed by atoms with Crippen LogP contribution in [0.5, 0.6) is 0 Å². The van der Waals surface area contributed by atoms with Gasteiger partial charge in [0, 0.05) is 12.1 Å². The van der Waals surface area contributed by atoms with Gasteiger partial charge in [0.15, 0.2) is 5.69 Å². The Morgan fingerprint density at radius 2 is 2.24 bits per heavy atom. The van der Waals surface area contributed by atoms with Crippen LogP contribution in [0.1, 0.15) is 30.3 Å². The quantitative estimate of drug-likeness (QED) is 0.768. The molecule has 94 valence electrons. The lowest BCUT2D eigenvalue weighted by Gasteiger charge is -2.04. The van der Waals surface area contributed by atoms with E-state index in [-0.39, 0.29) is 12.5 Å². The van der Waals surface area contributed by atoms with Crippen molar-refractivity contribution < 1.29 is 22.7 Å². The summed E-state index contributed by atoms with van der Waals surface area (Å²) in [6, 6.07) is 0. The van der Waals surface area contributed by atoms with Crippen molar-refractivity contribution in [3.63, 3.8) is 0 Å². The monoisotopic (exact) mass is 248 g/mol. The standard InChI is InChI=1S/C10H11F3N2O2/c1-17-8(16)5-15-4-7(10(11,12)13)14-9(15)6-2-3-6/h4,6H,2-3,5H2,1H3. The molecule has 0 N–H and O–H groups in total. The van der Waals surface area contributed by atoms with Crippen LogP contribution in [0.2, 0.25) is 0 Å². The van der Waals surface area contributed by atoms with E-state index in [1.54, 1.807) is 0 Å². The van der Waals surface area contributed by atoms with Gasteiger partial charge in [-0.3, -0.25) is 4.79 Å². The Morgan fingerprint density at radius 1 is 1.59 bits per heavy atom. The predicted molar refractivity (Wildman–Crippen MR) is 51.2 cm³/mol. The van der Waals surface area contributed by atoms with Gasteiger partial charge in [-0.05, 0) is 12.8 Å². The molecule has 1 aliphatic rings. The molecule has 0 unspecified atom stereocenters. The fourth-order valence-corrected chi connectivity index (χ4v) is 1.56. The summed E-state index contributed by atoms with van der Waals surface area (Å²) in [5, 5.41) is 0. The summed E-state index contributed by atoms with van der Waals surface area (Å²) in [7, 11) is 1.20. The van der Waals surface area contributed by atoms with Crippen molar-refractivity contribution in [1.82, 2.24) is 9.55 Å². The maximum absolute atomic E-state index is 12.5. The highest BCUT2D eigenvalue weighted by atomic mass is 19.4. The van der Waals surface area contributed by atoms with Crippen LogP contribution in [-0.2, 0) is 22.3 Å². The summed E-state index contributed by atoms with van der Waals surface area (Å²) in [4.78, 5) is 14.6. The first-order chi connectivity index (χ1) is 7.91. The van der Waals surface area contributed by atoms with Crippen LogP contribution in [0, 0.1) is 0 Å². The lowest BCUT2D eigenvalue weighted by atomic mass is 10.4. The van der Waals surface area contributed by atoms with Gasteiger partial charge in [0.05, 0.1) is 7.11 Å². The Hall–Kier alpha value is -1.53. The summed E-state index contributed by atoms with van der Waals surface area (Å²) in [6.07, 6.45) is -1.99. The van der Waals surface area contributed by atoms with E-state index in [2.05, 4.69) is 9.72 Å². The van der Waals surface area contributed by atoms with Crippen molar-refractivity contribution in [2.24, 2.45) is 0 Å². The molecular formula is C10H11F3N2O2. The largest absolute Gasteiger partial charge is 0.468 e. The Bertz CT molecular complexity index is 435. The van der Waals surface area contributed by atoms with Crippen LogP contribution in [0.3, 0.4) is 0 Å². The third kappa shape index (κ3) is 2.59. The second-order valence-electron chi connectivity index (χ2n) is 3.96. The van der Waals surface area contributed by atoms with Crippen molar-refractivity contribution >= 4 is 5.97 Å². The summed E-state index contributed by atoms with van der Waals surface area (Å²) in [6.45, 7) is -0.231. The highest BCUT2D eigenvalue weighted by Crippen LogP contribution is 2.41. The third-order valence-electron chi connectivity index (χ3n) is 2.57. The van der Waals surface area contributed by atoms with Crippen LogP contribution in [0.4, 0.5) is 13.2 Å². The van der Waals surface area contributed by atoms with Gasteiger partial charge in [-0.1, -0.05) is 0 Å². The second-order valence-corrected chi connectivity index (χ2v) is 3.96. The van der Waals surface area contributed by atoms with E-state index < -0.39 is 17.8 Å². The molecule has 1 fully saturated rings. The fourth-order valence-electron chi connectivity index (χ4n) is 1.56. The molecule has 1 heterocycles. The van der Waals surface area contributed by atoms with E-state index in [0.29, 0.717) is 5.82 Å². The average Bonchev–Trinajstić information content (AvgIpc) is 2.99. The summed E-state index contributed by atoms with van der Waals surface area (Å²) in [5.74, 6) is -0.225. The van der Waals surface area contributed by atoms with E-state index >= 15 is 0 Å². The van der Waals surface area contributed by atoms with E-state index in [0.717, 1.165) is 19.0 Å². The van der Waals surface area contributed by atoms with Crippen molar-refractivity contribution in [2.45, 2.75) is 31.5 Å². The molecule has 0 atom stereocenters. The predicted octanol–water partition coefficient (Wildman–Crippen LogP) is 1.95. The fraction of sp³-hybridized carbons (Fsp3) is 0.600. The van der Waals surface area contributed by atoms with Crippen molar-refractivity contribution in [1.29, 1.82) is 0 Å². The minimum Gasteiger partial charge on any atom is -0.468 e. The minimum atomic E-state index is -4.48. The molecule has 1 aromatic rings. The van der Waals surface area contributed by atoms with Gasteiger partial charge in [-0.25, -0.2) is 4.98 Å². The lowest BCUT2D eigenvalue weighted by molar-refractivity contribution is -0.143. The van der Waals surface area contributed by atoms with E-state index in [4.69, 9.17) is 0 Å². The highest BCUT2D eigenvalue weighted by molar-refractivity contribution is 5.69. The first-order valence-corrected chi connectivity index (χ1v) is 5.13. The number of methoxy groups -OCH3 is 1. The number of imidazole rings is 1. The molecule has 4 nitrogen and oxygen atoms in total. The number of carbonyl (C=O) groups is 1. The summed E-state index contributed by atoms with van der Waals surface area (Å²) < 4.78 is 43.1. The number of carbonyl (C=O) groups excluding carboxylic acids is 1. The topological polar surface area (TPSA) is 44.1 Å². The molecule has 17 heavy (non-hydrogen) atoms. The van der Waals surface area contributed by atoms with Crippen molar-refractivity contribution in [2.75, 3.05) is 7.11 Å². The van der Waals surface area contributed by atoms with Crippen LogP contribution >= 0.6 is 0 Å². The van der Waals surface area contributed by atoms with Gasteiger partial charge < -0.3 is 9.30 Å². The van der Waals surface area contributed by atoms with Gasteiger partial charge in [-0.15, -0.1) is 0 Å². The molecule has 0 aliphatic heterocycles. The first-order valence-electron chi connectivity index (χ1n) is 5.13. The van der Waals surface area contributed by atoms with Gasteiger partial charge in [-0.2, -0.15) is 13.2 Å². The molecule has 0 saturated heterocycles. The zero-order valence-electron chi connectivity index (χ0n) is 9.12. The molecule has 2 rings (SSSR count). The van der Waals surface area contributed by atoms with E-state index in [1.807, 2.05) is 0 Å². The van der Waals surface area contributed by atoms with Crippen molar-refractivity contribution in [3.8, 4) is 0 Å². The molecule has 1 aliphatic carbocycles. The maximum atomic E-state index is 12.5.